The molecule has 5 heteroatoms. The minimum atomic E-state index is -0.0842. The third-order valence-corrected chi connectivity index (χ3v) is 6.02. The van der Waals surface area contributed by atoms with Gasteiger partial charge in [0.1, 0.15) is 5.52 Å². The molecule has 152 valence electrons. The summed E-state index contributed by atoms with van der Waals surface area (Å²) in [6.45, 7) is 12.7. The maximum atomic E-state index is 5.87. The van der Waals surface area contributed by atoms with Gasteiger partial charge in [-0.3, -0.25) is 0 Å². The Morgan fingerprint density at radius 2 is 1.90 bits per heavy atom. The Bertz CT molecular complexity index is 1090. The number of nitrogens with one attached hydrogen (secondary N) is 1. The highest BCUT2D eigenvalue weighted by atomic mass is 127. The summed E-state index contributed by atoms with van der Waals surface area (Å²) in [5.74, 6) is 0. The molecular weight excluding hydrogens is 473 g/mol. The molecule has 0 unspecified atom stereocenters. The molecule has 0 spiro atoms. The first-order valence-corrected chi connectivity index (χ1v) is 11.2. The highest BCUT2D eigenvalue weighted by Gasteiger charge is 2.21. The summed E-state index contributed by atoms with van der Waals surface area (Å²) in [4.78, 5) is 7.10. The van der Waals surface area contributed by atoms with Crippen LogP contribution in [0.3, 0.4) is 0 Å². The van der Waals surface area contributed by atoms with Gasteiger partial charge in [0.15, 0.2) is 5.58 Å². The van der Waals surface area contributed by atoms with Crippen molar-refractivity contribution in [3.63, 3.8) is 0 Å². The van der Waals surface area contributed by atoms with E-state index in [4.69, 9.17) is 4.42 Å². The van der Waals surface area contributed by atoms with Crippen LogP contribution in [-0.2, 0) is 0 Å². The van der Waals surface area contributed by atoms with Gasteiger partial charge in [0.2, 0.25) is 0 Å². The summed E-state index contributed by atoms with van der Waals surface area (Å²) in [7, 11) is 0. The van der Waals surface area contributed by atoms with Crippen LogP contribution < -0.4 is 10.2 Å². The molecule has 0 atom stereocenters. The van der Waals surface area contributed by atoms with Crippen molar-refractivity contribution in [2.24, 2.45) is 0 Å². The lowest BCUT2D eigenvalue weighted by Crippen LogP contribution is -2.31. The van der Waals surface area contributed by atoms with Gasteiger partial charge >= 0.3 is 0 Å². The number of fused-ring (bicyclic) bond motifs is 1. The molecule has 0 aliphatic carbocycles. The zero-order valence-corrected chi connectivity index (χ0v) is 19.9. The average Bonchev–Trinajstić information content (AvgIpc) is 3.02. The van der Waals surface area contributed by atoms with Crippen LogP contribution in [-0.4, -0.2) is 23.6 Å². The number of rotatable bonds is 3. The number of oxazole rings is 1. The Hall–Kier alpha value is -2.02. The molecule has 0 saturated carbocycles. The molecule has 3 aromatic rings. The van der Waals surface area contributed by atoms with Gasteiger partial charge in [0.05, 0.1) is 0 Å². The van der Waals surface area contributed by atoms with E-state index in [1.54, 1.807) is 0 Å². The Morgan fingerprint density at radius 1 is 1.10 bits per heavy atom. The Labute approximate surface area is 186 Å². The summed E-state index contributed by atoms with van der Waals surface area (Å²) in [6, 6.07) is 13.6. The predicted octanol–water partition coefficient (Wildman–Crippen LogP) is 6.64. The van der Waals surface area contributed by atoms with Crippen molar-refractivity contribution in [2.75, 3.05) is 23.3 Å². The third-order valence-electron chi connectivity index (χ3n) is 5.35. The zero-order chi connectivity index (χ0) is 20.8. The summed E-state index contributed by atoms with van der Waals surface area (Å²) in [6.07, 6.45) is 1.08. The third kappa shape index (κ3) is 4.44. The Morgan fingerprint density at radius 3 is 2.62 bits per heavy atom. The van der Waals surface area contributed by atoms with E-state index < -0.39 is 0 Å². The molecular formula is C24H28IN3O. The van der Waals surface area contributed by atoms with Crippen molar-refractivity contribution < 1.29 is 4.42 Å². The van der Waals surface area contributed by atoms with Gasteiger partial charge in [-0.1, -0.05) is 11.6 Å². The van der Waals surface area contributed by atoms with Crippen molar-refractivity contribution in [1.82, 2.24) is 4.98 Å². The number of aromatic nitrogens is 1. The molecule has 0 fully saturated rings. The largest absolute Gasteiger partial charge is 0.424 e. The lowest BCUT2D eigenvalue weighted by Gasteiger charge is -2.32. The van der Waals surface area contributed by atoms with Gasteiger partial charge < -0.3 is 14.6 Å². The quantitative estimate of drug-likeness (QED) is 0.409. The molecule has 0 radical (unpaired) electrons. The molecule has 0 amide bonds. The van der Waals surface area contributed by atoms with Crippen LogP contribution in [0, 0.1) is 10.5 Å². The molecule has 4 nitrogen and oxygen atoms in total. The van der Waals surface area contributed by atoms with E-state index in [9.17, 15) is 0 Å². The standard InChI is InChI=1S/C24H28IN3O/c1-15-10-11-28(14-20(15)19-8-6-17(25)12-16(19)2)18-7-9-22-21(13-18)26-23(29-22)27-24(3,4)5/h6-9,12-13H,10-11,14H2,1-5H3,(H,26,27). The van der Waals surface area contributed by atoms with E-state index in [1.165, 1.54) is 31.5 Å². The van der Waals surface area contributed by atoms with Crippen molar-refractivity contribution in [1.29, 1.82) is 0 Å². The molecule has 4 rings (SSSR count). The van der Waals surface area contributed by atoms with Crippen LogP contribution in [0.4, 0.5) is 11.7 Å². The Kier molecular flexibility index (Phi) is 5.36. The summed E-state index contributed by atoms with van der Waals surface area (Å²) >= 11 is 2.38. The lowest BCUT2D eigenvalue weighted by molar-refractivity contribution is 0.555. The fraction of sp³-hybridized carbons (Fsp3) is 0.375. The van der Waals surface area contributed by atoms with Crippen LogP contribution in [0.1, 0.15) is 45.2 Å². The summed E-state index contributed by atoms with van der Waals surface area (Å²) < 4.78 is 7.15. The first-order valence-electron chi connectivity index (χ1n) is 10.1. The predicted molar refractivity (Wildman–Crippen MR) is 131 cm³/mol. The summed E-state index contributed by atoms with van der Waals surface area (Å²) in [5.41, 5.74) is 8.47. The first kappa shape index (κ1) is 20.3. The van der Waals surface area contributed by atoms with Crippen molar-refractivity contribution >= 4 is 51.0 Å². The van der Waals surface area contributed by atoms with Crippen LogP contribution in [0.2, 0.25) is 0 Å². The van der Waals surface area contributed by atoms with Gasteiger partial charge in [-0.15, -0.1) is 0 Å². The number of hydrogen-bond donors (Lipinski definition) is 1. The van der Waals surface area contributed by atoms with E-state index in [0.29, 0.717) is 6.01 Å². The van der Waals surface area contributed by atoms with Gasteiger partial charge in [-0.25, -0.2) is 0 Å². The van der Waals surface area contributed by atoms with Gasteiger partial charge in [0.25, 0.3) is 6.01 Å². The summed E-state index contributed by atoms with van der Waals surface area (Å²) in [5, 5.41) is 3.32. The van der Waals surface area contributed by atoms with Crippen molar-refractivity contribution in [3.8, 4) is 0 Å². The lowest BCUT2D eigenvalue weighted by atomic mass is 9.92. The van der Waals surface area contributed by atoms with E-state index in [0.717, 1.165) is 30.6 Å². The second-order valence-electron chi connectivity index (χ2n) is 8.94. The second-order valence-corrected chi connectivity index (χ2v) is 10.2. The minimum Gasteiger partial charge on any atom is -0.424 e. The zero-order valence-electron chi connectivity index (χ0n) is 17.8. The molecule has 1 N–H and O–H groups in total. The maximum Gasteiger partial charge on any atom is 0.296 e. The maximum absolute atomic E-state index is 5.87. The topological polar surface area (TPSA) is 41.3 Å². The van der Waals surface area contributed by atoms with Gasteiger partial charge in [-0.2, -0.15) is 4.98 Å². The first-order chi connectivity index (χ1) is 13.7. The fourth-order valence-corrected chi connectivity index (χ4v) is 4.49. The van der Waals surface area contributed by atoms with E-state index in [1.807, 2.05) is 6.07 Å². The molecule has 0 saturated heterocycles. The van der Waals surface area contributed by atoms with Crippen molar-refractivity contribution in [2.45, 2.75) is 46.6 Å². The van der Waals surface area contributed by atoms with Crippen LogP contribution in [0.25, 0.3) is 16.7 Å². The highest BCUT2D eigenvalue weighted by molar-refractivity contribution is 14.1. The van der Waals surface area contributed by atoms with Crippen LogP contribution in [0.5, 0.6) is 0 Å². The molecule has 1 aliphatic rings. The number of anilines is 2. The minimum absolute atomic E-state index is 0.0842. The van der Waals surface area contributed by atoms with Gasteiger partial charge in [0, 0.05) is 27.9 Å². The number of nitrogens with zero attached hydrogens (tertiary/aromatic N) is 2. The molecule has 2 aromatic carbocycles. The molecule has 29 heavy (non-hydrogen) atoms. The second kappa shape index (κ2) is 7.67. The normalized spacial score (nSPS) is 15.3. The molecule has 1 aromatic heterocycles. The van der Waals surface area contributed by atoms with E-state index in [2.05, 4.69) is 103 Å². The molecule has 0 bridgehead atoms. The number of hydrogen-bond acceptors (Lipinski definition) is 4. The SMILES string of the molecule is CC1=C(c2ccc(I)cc2C)CN(c2ccc3oc(NC(C)(C)C)nc3c2)CC1. The van der Waals surface area contributed by atoms with Gasteiger partial charge in [-0.05, 0) is 111 Å². The molecule has 2 heterocycles. The van der Waals surface area contributed by atoms with Crippen LogP contribution in [0.15, 0.2) is 46.4 Å². The molecule has 1 aliphatic heterocycles. The number of halogens is 1. The number of benzene rings is 2. The monoisotopic (exact) mass is 501 g/mol. The van der Waals surface area contributed by atoms with E-state index >= 15 is 0 Å². The smallest absolute Gasteiger partial charge is 0.296 e. The van der Waals surface area contributed by atoms with E-state index in [-0.39, 0.29) is 5.54 Å². The average molecular weight is 501 g/mol. The van der Waals surface area contributed by atoms with Crippen LogP contribution >= 0.6 is 22.6 Å². The van der Waals surface area contributed by atoms with Crippen molar-refractivity contribution in [3.05, 3.63) is 56.7 Å². The highest BCUT2D eigenvalue weighted by Crippen LogP contribution is 2.33. The number of aryl methyl sites for hydroxylation is 1. The fourth-order valence-electron chi connectivity index (χ4n) is 3.85. The Balaban J connectivity index is 1.62.